The monoisotopic (exact) mass is 215 g/mol. The van der Waals surface area contributed by atoms with Gasteiger partial charge in [-0.05, 0) is 31.5 Å². The molecule has 0 radical (unpaired) electrons. The quantitative estimate of drug-likeness (QED) is 0.806. The zero-order valence-electron chi connectivity index (χ0n) is 9.24. The number of aromatic amines is 1. The molecule has 2 N–H and O–H groups in total. The van der Waals surface area contributed by atoms with E-state index >= 15 is 0 Å². The Kier molecular flexibility index (Phi) is 2.72. The summed E-state index contributed by atoms with van der Waals surface area (Å²) < 4.78 is 0. The molecule has 2 aromatic rings. The number of H-pyrrole nitrogens is 1. The molecule has 0 unspecified atom stereocenters. The van der Waals surface area contributed by atoms with Crippen molar-refractivity contribution in [3.63, 3.8) is 0 Å². The summed E-state index contributed by atoms with van der Waals surface area (Å²) in [7, 11) is 0. The van der Waals surface area contributed by atoms with Crippen molar-refractivity contribution in [2.45, 2.75) is 13.8 Å². The Hall–Kier alpha value is -2.10. The van der Waals surface area contributed by atoms with Crippen molar-refractivity contribution in [1.29, 1.82) is 0 Å². The van der Waals surface area contributed by atoms with Gasteiger partial charge < -0.3 is 5.32 Å². The highest BCUT2D eigenvalue weighted by atomic mass is 16.1. The first-order valence-electron chi connectivity index (χ1n) is 5.05. The molecule has 16 heavy (non-hydrogen) atoms. The van der Waals surface area contributed by atoms with Crippen LogP contribution in [0.2, 0.25) is 0 Å². The Balaban J connectivity index is 2.27. The Morgan fingerprint density at radius 2 is 2.12 bits per heavy atom. The lowest BCUT2D eigenvalue weighted by Crippen LogP contribution is -2.12. The highest BCUT2D eigenvalue weighted by Gasteiger charge is 1.98. The number of aromatic nitrogens is 2. The average molecular weight is 215 g/mol. The van der Waals surface area contributed by atoms with Crippen molar-refractivity contribution in [3.05, 3.63) is 51.9 Å². The van der Waals surface area contributed by atoms with Gasteiger partial charge in [0, 0.05) is 17.4 Å². The minimum absolute atomic E-state index is 0.120. The van der Waals surface area contributed by atoms with E-state index in [0.717, 1.165) is 11.3 Å². The summed E-state index contributed by atoms with van der Waals surface area (Å²) in [6.07, 6.45) is 1.55. The lowest BCUT2D eigenvalue weighted by atomic mass is 10.2. The molecule has 0 spiro atoms. The van der Waals surface area contributed by atoms with E-state index in [0.29, 0.717) is 11.5 Å². The summed E-state index contributed by atoms with van der Waals surface area (Å²) >= 11 is 0. The second-order valence-corrected chi connectivity index (χ2v) is 3.74. The second kappa shape index (κ2) is 4.18. The molecule has 0 saturated heterocycles. The molecule has 1 heterocycles. The molecule has 2 rings (SSSR count). The van der Waals surface area contributed by atoms with Crippen molar-refractivity contribution < 1.29 is 0 Å². The molecular weight excluding hydrogens is 202 g/mol. The van der Waals surface area contributed by atoms with E-state index in [2.05, 4.69) is 15.3 Å². The first kappa shape index (κ1) is 10.4. The zero-order chi connectivity index (χ0) is 11.5. The summed E-state index contributed by atoms with van der Waals surface area (Å²) in [6, 6.07) is 7.87. The minimum Gasteiger partial charge on any atom is -0.326 e. The van der Waals surface area contributed by atoms with E-state index < -0.39 is 0 Å². The highest BCUT2D eigenvalue weighted by Crippen LogP contribution is 2.12. The number of nitrogens with one attached hydrogen (secondary N) is 2. The van der Waals surface area contributed by atoms with Gasteiger partial charge in [0.1, 0.15) is 0 Å². The van der Waals surface area contributed by atoms with Gasteiger partial charge in [0.15, 0.2) is 0 Å². The first-order chi connectivity index (χ1) is 7.65. The van der Waals surface area contributed by atoms with Crippen LogP contribution in [0.1, 0.15) is 11.1 Å². The number of nitrogens with zero attached hydrogens (tertiary/aromatic N) is 1. The largest absolute Gasteiger partial charge is 0.326 e. The number of hydrogen-bond donors (Lipinski definition) is 2. The molecule has 4 nitrogen and oxygen atoms in total. The molecule has 1 aromatic carbocycles. The van der Waals surface area contributed by atoms with Gasteiger partial charge in [-0.1, -0.05) is 12.1 Å². The van der Waals surface area contributed by atoms with Gasteiger partial charge in [0.25, 0.3) is 5.56 Å². The summed E-state index contributed by atoms with van der Waals surface area (Å²) in [5.74, 6) is 0.459. The third kappa shape index (κ3) is 2.28. The number of anilines is 2. The normalized spacial score (nSPS) is 10.1. The third-order valence-corrected chi connectivity index (χ3v) is 2.26. The molecule has 0 bridgehead atoms. The van der Waals surface area contributed by atoms with E-state index in [1.54, 1.807) is 13.1 Å². The highest BCUT2D eigenvalue weighted by molar-refractivity contribution is 5.53. The topological polar surface area (TPSA) is 57.8 Å². The molecule has 0 amide bonds. The van der Waals surface area contributed by atoms with E-state index in [9.17, 15) is 4.79 Å². The van der Waals surface area contributed by atoms with Crippen LogP contribution in [0.15, 0.2) is 35.3 Å². The predicted molar refractivity (Wildman–Crippen MR) is 64.1 cm³/mol. The van der Waals surface area contributed by atoms with Gasteiger partial charge in [-0.25, -0.2) is 4.98 Å². The van der Waals surface area contributed by atoms with E-state index in [-0.39, 0.29) is 5.56 Å². The van der Waals surface area contributed by atoms with Crippen molar-refractivity contribution in [2.75, 3.05) is 5.32 Å². The van der Waals surface area contributed by atoms with Crippen LogP contribution >= 0.6 is 0 Å². The molecule has 1 aromatic heterocycles. The SMILES string of the molecule is Cc1cccc(Nc2ncc(C)c(=O)[nH]2)c1. The first-order valence-corrected chi connectivity index (χ1v) is 5.05. The molecule has 0 saturated carbocycles. The van der Waals surface area contributed by atoms with Gasteiger partial charge in [0.05, 0.1) is 0 Å². The van der Waals surface area contributed by atoms with Crippen LogP contribution in [0.25, 0.3) is 0 Å². The van der Waals surface area contributed by atoms with Crippen LogP contribution in [0.5, 0.6) is 0 Å². The molecule has 0 aliphatic carbocycles. The van der Waals surface area contributed by atoms with Crippen LogP contribution in [-0.4, -0.2) is 9.97 Å². The maximum Gasteiger partial charge on any atom is 0.255 e. The van der Waals surface area contributed by atoms with Gasteiger partial charge >= 0.3 is 0 Å². The smallest absolute Gasteiger partial charge is 0.255 e. The van der Waals surface area contributed by atoms with Gasteiger partial charge in [-0.3, -0.25) is 9.78 Å². The predicted octanol–water partition coefficient (Wildman–Crippen LogP) is 2.13. The Morgan fingerprint density at radius 1 is 1.31 bits per heavy atom. The third-order valence-electron chi connectivity index (χ3n) is 2.26. The fourth-order valence-corrected chi connectivity index (χ4v) is 1.38. The Bertz CT molecular complexity index is 560. The van der Waals surface area contributed by atoms with Crippen molar-refractivity contribution >= 4 is 11.6 Å². The van der Waals surface area contributed by atoms with Crippen molar-refractivity contribution in [3.8, 4) is 0 Å². The minimum atomic E-state index is -0.120. The lowest BCUT2D eigenvalue weighted by molar-refractivity contribution is 1.08. The molecule has 0 aliphatic rings. The van der Waals surface area contributed by atoms with Crippen molar-refractivity contribution in [2.24, 2.45) is 0 Å². The lowest BCUT2D eigenvalue weighted by Gasteiger charge is -2.05. The Morgan fingerprint density at radius 3 is 2.81 bits per heavy atom. The van der Waals surface area contributed by atoms with Gasteiger partial charge in [-0.15, -0.1) is 0 Å². The van der Waals surface area contributed by atoms with Crippen molar-refractivity contribution in [1.82, 2.24) is 9.97 Å². The average Bonchev–Trinajstić information content (AvgIpc) is 2.24. The van der Waals surface area contributed by atoms with E-state index in [4.69, 9.17) is 0 Å². The standard InChI is InChI=1S/C12H13N3O/c1-8-4-3-5-10(6-8)14-12-13-7-9(2)11(16)15-12/h3-7H,1-2H3,(H2,13,14,15,16). The molecular formula is C12H13N3O. The van der Waals surface area contributed by atoms with Gasteiger partial charge in [0.2, 0.25) is 5.95 Å². The molecule has 4 heteroatoms. The van der Waals surface area contributed by atoms with Crippen LogP contribution in [-0.2, 0) is 0 Å². The zero-order valence-corrected chi connectivity index (χ0v) is 9.24. The molecule has 0 aliphatic heterocycles. The van der Waals surface area contributed by atoms with Gasteiger partial charge in [-0.2, -0.15) is 0 Å². The maximum absolute atomic E-state index is 11.4. The number of aryl methyl sites for hydroxylation is 2. The fraction of sp³-hybridized carbons (Fsp3) is 0.167. The summed E-state index contributed by atoms with van der Waals surface area (Å²) in [5, 5.41) is 3.05. The summed E-state index contributed by atoms with van der Waals surface area (Å²) in [6.45, 7) is 3.73. The molecule has 82 valence electrons. The summed E-state index contributed by atoms with van der Waals surface area (Å²) in [4.78, 5) is 18.1. The number of hydrogen-bond acceptors (Lipinski definition) is 3. The molecule has 0 fully saturated rings. The Labute approximate surface area is 93.4 Å². The fourth-order valence-electron chi connectivity index (χ4n) is 1.38. The number of rotatable bonds is 2. The van der Waals surface area contributed by atoms with Crippen LogP contribution < -0.4 is 10.9 Å². The summed E-state index contributed by atoms with van der Waals surface area (Å²) in [5.41, 5.74) is 2.55. The van der Waals surface area contributed by atoms with Crippen LogP contribution in [0, 0.1) is 13.8 Å². The van der Waals surface area contributed by atoms with E-state index in [1.807, 2.05) is 31.2 Å². The van der Waals surface area contributed by atoms with Crippen LogP contribution in [0.3, 0.4) is 0 Å². The maximum atomic E-state index is 11.4. The second-order valence-electron chi connectivity index (χ2n) is 3.74. The number of benzene rings is 1. The van der Waals surface area contributed by atoms with Crippen LogP contribution in [0.4, 0.5) is 11.6 Å². The van der Waals surface area contributed by atoms with E-state index in [1.165, 1.54) is 0 Å². The molecule has 0 atom stereocenters.